The van der Waals surface area contributed by atoms with E-state index < -0.39 is 22.0 Å². The van der Waals surface area contributed by atoms with Crippen LogP contribution in [0.25, 0.3) is 0 Å². The smallest absolute Gasteiger partial charge is 0.250 e. The summed E-state index contributed by atoms with van der Waals surface area (Å²) in [6.07, 6.45) is 3.95. The van der Waals surface area contributed by atoms with Crippen molar-refractivity contribution in [2.45, 2.75) is 37.6 Å². The molecular formula is C19H22ClN3O3S. The molecule has 6 nitrogen and oxygen atoms in total. The van der Waals surface area contributed by atoms with Crippen LogP contribution in [0, 0.1) is 0 Å². The molecule has 0 spiro atoms. The minimum Gasteiger partial charge on any atom is -0.288 e. The number of sulfonamides is 1. The number of pyridine rings is 1. The summed E-state index contributed by atoms with van der Waals surface area (Å²) in [5.74, 6) is -0.776. The molecule has 0 saturated carbocycles. The highest BCUT2D eigenvalue weighted by atomic mass is 35.5. The molecule has 1 aromatic heterocycles. The van der Waals surface area contributed by atoms with Gasteiger partial charge in [-0.05, 0) is 36.6 Å². The number of carbonyl (C=O) groups is 1. The van der Waals surface area contributed by atoms with Gasteiger partial charge in [-0.2, -0.15) is 0 Å². The molecule has 1 aliphatic heterocycles. The fraction of sp³-hybridized carbons (Fsp3) is 0.368. The van der Waals surface area contributed by atoms with Crippen LogP contribution in [0.4, 0.5) is 0 Å². The van der Waals surface area contributed by atoms with Crippen LogP contribution in [-0.2, 0) is 27.1 Å². The van der Waals surface area contributed by atoms with Gasteiger partial charge in [0.05, 0.1) is 11.8 Å². The summed E-state index contributed by atoms with van der Waals surface area (Å²) in [4.78, 5) is 18.6. The van der Waals surface area contributed by atoms with E-state index in [0.29, 0.717) is 23.7 Å². The predicted molar refractivity (Wildman–Crippen MR) is 105 cm³/mol. The summed E-state index contributed by atoms with van der Waals surface area (Å²) in [7, 11) is -3.80. The Kier molecular flexibility index (Phi) is 6.46. The first-order valence-electron chi connectivity index (χ1n) is 8.86. The van der Waals surface area contributed by atoms with Crippen LogP contribution >= 0.6 is 11.6 Å². The second kappa shape index (κ2) is 8.82. The number of hydrogen-bond acceptors (Lipinski definition) is 5. The fourth-order valence-corrected chi connectivity index (χ4v) is 4.50. The molecule has 0 aliphatic carbocycles. The molecule has 0 bridgehead atoms. The Labute approximate surface area is 164 Å². The van der Waals surface area contributed by atoms with Crippen molar-refractivity contribution in [3.63, 3.8) is 0 Å². The Morgan fingerprint density at radius 1 is 1.15 bits per heavy atom. The van der Waals surface area contributed by atoms with Gasteiger partial charge in [0, 0.05) is 12.7 Å². The van der Waals surface area contributed by atoms with Gasteiger partial charge in [-0.1, -0.05) is 54.4 Å². The van der Waals surface area contributed by atoms with Gasteiger partial charge in [-0.15, -0.1) is 0 Å². The number of benzene rings is 1. The van der Waals surface area contributed by atoms with E-state index in [1.807, 2.05) is 35.2 Å². The van der Waals surface area contributed by atoms with Crippen LogP contribution in [0.15, 0.2) is 48.7 Å². The van der Waals surface area contributed by atoms with Crippen molar-refractivity contribution >= 4 is 27.5 Å². The Morgan fingerprint density at radius 2 is 1.93 bits per heavy atom. The van der Waals surface area contributed by atoms with Gasteiger partial charge in [0.15, 0.2) is 0 Å². The molecule has 1 atom stereocenters. The largest absolute Gasteiger partial charge is 0.288 e. The molecule has 3 rings (SSSR count). The lowest BCUT2D eigenvalue weighted by molar-refractivity contribution is -0.126. The van der Waals surface area contributed by atoms with Crippen molar-refractivity contribution in [2.75, 3.05) is 6.54 Å². The van der Waals surface area contributed by atoms with Crippen molar-refractivity contribution in [2.24, 2.45) is 0 Å². The number of carbonyl (C=O) groups excluding carboxylic acids is 1. The van der Waals surface area contributed by atoms with E-state index in [-0.39, 0.29) is 5.75 Å². The molecule has 1 amide bonds. The minimum atomic E-state index is -3.80. The highest BCUT2D eigenvalue weighted by Gasteiger charge is 2.31. The molecule has 1 aromatic carbocycles. The summed E-state index contributed by atoms with van der Waals surface area (Å²) >= 11 is 5.72. The molecule has 8 heteroatoms. The highest BCUT2D eigenvalue weighted by molar-refractivity contribution is 7.89. The fourth-order valence-electron chi connectivity index (χ4n) is 3.26. The van der Waals surface area contributed by atoms with E-state index in [4.69, 9.17) is 11.6 Å². The lowest BCUT2D eigenvalue weighted by Crippen LogP contribution is -2.50. The first-order valence-corrected chi connectivity index (χ1v) is 10.9. The van der Waals surface area contributed by atoms with Crippen LogP contribution in [0.2, 0.25) is 5.15 Å². The third kappa shape index (κ3) is 5.76. The van der Waals surface area contributed by atoms with Crippen molar-refractivity contribution in [1.82, 2.24) is 14.6 Å². The Bertz CT molecular complexity index is 873. The van der Waals surface area contributed by atoms with Gasteiger partial charge in [0.2, 0.25) is 10.0 Å². The second-order valence-corrected chi connectivity index (χ2v) is 8.79. The number of nitrogens with one attached hydrogen (secondary N) is 1. The minimum absolute atomic E-state index is 0.291. The Balaban J connectivity index is 1.66. The average molecular weight is 408 g/mol. The number of hydrogen-bond donors (Lipinski definition) is 1. The van der Waals surface area contributed by atoms with Crippen LogP contribution in [0.3, 0.4) is 0 Å². The average Bonchev–Trinajstić information content (AvgIpc) is 2.64. The summed E-state index contributed by atoms with van der Waals surface area (Å²) in [5.41, 5.74) is 1.58. The number of aromatic nitrogens is 1. The third-order valence-corrected chi connectivity index (χ3v) is 6.00. The quantitative estimate of drug-likeness (QED) is 0.745. The van der Waals surface area contributed by atoms with E-state index in [9.17, 15) is 13.2 Å². The van der Waals surface area contributed by atoms with E-state index in [1.54, 1.807) is 6.07 Å². The molecule has 0 radical (unpaired) electrons. The molecule has 1 aliphatic rings. The van der Waals surface area contributed by atoms with Gasteiger partial charge in [-0.3, -0.25) is 14.4 Å². The van der Waals surface area contributed by atoms with Gasteiger partial charge in [-0.25, -0.2) is 13.4 Å². The zero-order valence-electron chi connectivity index (χ0n) is 14.8. The van der Waals surface area contributed by atoms with Gasteiger partial charge in [0.25, 0.3) is 5.91 Å². The van der Waals surface area contributed by atoms with E-state index in [1.165, 1.54) is 12.3 Å². The molecule has 2 heterocycles. The summed E-state index contributed by atoms with van der Waals surface area (Å²) in [6.45, 7) is 1.40. The maximum absolute atomic E-state index is 12.7. The lowest BCUT2D eigenvalue weighted by Gasteiger charge is -2.34. The van der Waals surface area contributed by atoms with Crippen LogP contribution < -0.4 is 4.72 Å². The van der Waals surface area contributed by atoms with Crippen molar-refractivity contribution in [3.05, 3.63) is 64.9 Å². The number of likely N-dealkylation sites (tertiary alicyclic amines) is 1. The summed E-state index contributed by atoms with van der Waals surface area (Å²) in [5, 5.41) is 0.291. The molecule has 0 unspecified atom stereocenters. The van der Waals surface area contributed by atoms with E-state index in [0.717, 1.165) is 24.9 Å². The molecule has 1 N–H and O–H groups in total. The highest BCUT2D eigenvalue weighted by Crippen LogP contribution is 2.20. The Morgan fingerprint density at radius 3 is 2.63 bits per heavy atom. The number of piperidine rings is 1. The third-order valence-electron chi connectivity index (χ3n) is 4.55. The van der Waals surface area contributed by atoms with Gasteiger partial charge >= 0.3 is 0 Å². The standard InChI is InChI=1S/C19H22ClN3O3S/c20-18-10-9-16(12-21-18)14-27(25,26)22-19(24)17-8-4-5-11-23(17)13-15-6-2-1-3-7-15/h1-3,6-7,9-10,12,17H,4-5,8,11,13-14H2,(H,22,24)/t17-/m0/s1. The first kappa shape index (κ1) is 19.8. The number of nitrogens with zero attached hydrogens (tertiary/aromatic N) is 2. The Hall–Kier alpha value is -1.96. The van der Waals surface area contributed by atoms with Crippen LogP contribution in [0.1, 0.15) is 30.4 Å². The zero-order valence-corrected chi connectivity index (χ0v) is 16.4. The summed E-state index contributed by atoms with van der Waals surface area (Å²) < 4.78 is 27.0. The maximum atomic E-state index is 12.7. The molecule has 27 heavy (non-hydrogen) atoms. The van der Waals surface area contributed by atoms with E-state index in [2.05, 4.69) is 9.71 Å². The monoisotopic (exact) mass is 407 g/mol. The predicted octanol–water partition coefficient (Wildman–Crippen LogP) is 2.74. The van der Waals surface area contributed by atoms with Crippen molar-refractivity contribution in [1.29, 1.82) is 0 Å². The zero-order chi connectivity index (χ0) is 19.3. The van der Waals surface area contributed by atoms with E-state index >= 15 is 0 Å². The summed E-state index contributed by atoms with van der Waals surface area (Å²) in [6, 6.07) is 12.5. The topological polar surface area (TPSA) is 79.4 Å². The SMILES string of the molecule is O=C(NS(=O)(=O)Cc1ccc(Cl)nc1)[C@@H]1CCCCN1Cc1ccccc1. The normalized spacial score (nSPS) is 18.2. The molecular weight excluding hydrogens is 386 g/mol. The van der Waals surface area contributed by atoms with Gasteiger partial charge < -0.3 is 0 Å². The number of amides is 1. The molecule has 1 fully saturated rings. The molecule has 144 valence electrons. The first-order chi connectivity index (χ1) is 12.9. The van der Waals surface area contributed by atoms with Crippen molar-refractivity contribution in [3.8, 4) is 0 Å². The second-order valence-electron chi connectivity index (χ2n) is 6.68. The van der Waals surface area contributed by atoms with Crippen molar-refractivity contribution < 1.29 is 13.2 Å². The van der Waals surface area contributed by atoms with Crippen LogP contribution in [0.5, 0.6) is 0 Å². The molecule has 1 saturated heterocycles. The molecule has 2 aromatic rings. The number of rotatable bonds is 6. The maximum Gasteiger partial charge on any atom is 0.250 e. The van der Waals surface area contributed by atoms with Crippen LogP contribution in [-0.4, -0.2) is 36.8 Å². The number of halogens is 1. The van der Waals surface area contributed by atoms with Gasteiger partial charge in [0.1, 0.15) is 5.15 Å². The lowest BCUT2D eigenvalue weighted by atomic mass is 10.0.